The number of nitrogens with zero attached hydrogens (tertiary/aromatic N) is 3. The fourth-order valence-electron chi connectivity index (χ4n) is 1.75. The zero-order valence-electron chi connectivity index (χ0n) is 10.4. The first-order chi connectivity index (χ1) is 9.31. The molecule has 3 rings (SSSR count). The van der Waals surface area contributed by atoms with Crippen molar-refractivity contribution in [1.82, 2.24) is 20.4 Å². The Morgan fingerprint density at radius 2 is 2.05 bits per heavy atom. The summed E-state index contributed by atoms with van der Waals surface area (Å²) in [5.41, 5.74) is 2.95. The lowest BCUT2D eigenvalue weighted by atomic mass is 10.1. The molecule has 0 radical (unpaired) electrons. The molecule has 2 heterocycles. The topological polar surface area (TPSA) is 79.6 Å². The van der Waals surface area contributed by atoms with E-state index in [2.05, 4.69) is 25.7 Å². The zero-order chi connectivity index (χ0) is 13.1. The van der Waals surface area contributed by atoms with Gasteiger partial charge in [0.05, 0.1) is 17.9 Å². The fraction of sp³-hybridized carbons (Fsp3) is 0.154. The van der Waals surface area contributed by atoms with Gasteiger partial charge in [0.1, 0.15) is 0 Å². The molecular formula is C13H13N5O. The molecule has 0 spiro atoms. The highest BCUT2D eigenvalue weighted by Gasteiger charge is 2.05. The predicted molar refractivity (Wildman–Crippen MR) is 70.4 cm³/mol. The van der Waals surface area contributed by atoms with Gasteiger partial charge in [0.2, 0.25) is 5.89 Å². The number of hydrogen-bond acceptors (Lipinski definition) is 5. The highest BCUT2D eigenvalue weighted by Crippen LogP contribution is 2.17. The van der Waals surface area contributed by atoms with Crippen molar-refractivity contribution in [3.8, 4) is 11.3 Å². The van der Waals surface area contributed by atoms with Gasteiger partial charge in [0.25, 0.3) is 0 Å². The number of hydrogen-bond donors (Lipinski definition) is 2. The largest absolute Gasteiger partial charge is 0.408 e. The molecule has 19 heavy (non-hydrogen) atoms. The second kappa shape index (κ2) is 4.93. The van der Waals surface area contributed by atoms with Gasteiger partial charge in [-0.2, -0.15) is 5.10 Å². The zero-order valence-corrected chi connectivity index (χ0v) is 10.4. The molecule has 96 valence electrons. The Morgan fingerprint density at radius 3 is 2.79 bits per heavy atom. The van der Waals surface area contributed by atoms with Crippen molar-refractivity contribution in [2.75, 3.05) is 5.32 Å². The molecule has 2 N–H and O–H groups in total. The van der Waals surface area contributed by atoms with Crippen molar-refractivity contribution >= 4 is 6.01 Å². The number of anilines is 1. The van der Waals surface area contributed by atoms with Crippen LogP contribution in [0.1, 0.15) is 11.6 Å². The lowest BCUT2D eigenvalue weighted by Crippen LogP contribution is -1.99. The number of H-pyrrole nitrogens is 1. The average molecular weight is 255 g/mol. The second-order valence-electron chi connectivity index (χ2n) is 4.12. The van der Waals surface area contributed by atoms with Crippen molar-refractivity contribution in [3.05, 3.63) is 48.0 Å². The third-order valence-electron chi connectivity index (χ3n) is 2.66. The second-order valence-corrected chi connectivity index (χ2v) is 4.12. The van der Waals surface area contributed by atoms with E-state index in [-0.39, 0.29) is 0 Å². The Labute approximate surface area is 109 Å². The number of aromatic amines is 1. The van der Waals surface area contributed by atoms with E-state index in [4.69, 9.17) is 4.42 Å². The van der Waals surface area contributed by atoms with Gasteiger partial charge < -0.3 is 9.73 Å². The van der Waals surface area contributed by atoms with Crippen molar-refractivity contribution < 1.29 is 4.42 Å². The molecule has 0 fully saturated rings. The third kappa shape index (κ3) is 2.62. The number of nitrogens with one attached hydrogen (secondary N) is 2. The van der Waals surface area contributed by atoms with Crippen LogP contribution in [0, 0.1) is 6.92 Å². The number of benzene rings is 1. The van der Waals surface area contributed by atoms with E-state index in [9.17, 15) is 0 Å². The summed E-state index contributed by atoms with van der Waals surface area (Å²) in [5.74, 6) is 0.539. The van der Waals surface area contributed by atoms with E-state index in [0.29, 0.717) is 18.5 Å². The third-order valence-corrected chi connectivity index (χ3v) is 2.66. The minimum absolute atomic E-state index is 0.411. The Balaban J connectivity index is 1.68. The van der Waals surface area contributed by atoms with Crippen LogP contribution in [0.25, 0.3) is 11.3 Å². The van der Waals surface area contributed by atoms with Gasteiger partial charge in [-0.25, -0.2) is 0 Å². The van der Waals surface area contributed by atoms with Gasteiger partial charge in [-0.3, -0.25) is 5.10 Å². The summed E-state index contributed by atoms with van der Waals surface area (Å²) in [6.07, 6.45) is 0. The molecule has 3 aromatic rings. The van der Waals surface area contributed by atoms with E-state index < -0.39 is 0 Å². The van der Waals surface area contributed by atoms with Crippen LogP contribution in [0.2, 0.25) is 0 Å². The molecular weight excluding hydrogens is 242 g/mol. The maximum atomic E-state index is 5.23. The quantitative estimate of drug-likeness (QED) is 0.748. The lowest BCUT2D eigenvalue weighted by Gasteiger charge is -1.96. The van der Waals surface area contributed by atoms with Crippen LogP contribution in [0.4, 0.5) is 6.01 Å². The molecule has 0 aliphatic heterocycles. The lowest BCUT2D eigenvalue weighted by molar-refractivity contribution is 0.530. The van der Waals surface area contributed by atoms with Gasteiger partial charge in [0, 0.05) is 12.5 Å². The van der Waals surface area contributed by atoms with Gasteiger partial charge >= 0.3 is 6.01 Å². The summed E-state index contributed by atoms with van der Waals surface area (Å²) < 4.78 is 5.23. The summed E-state index contributed by atoms with van der Waals surface area (Å²) >= 11 is 0. The Hall–Kier alpha value is -2.63. The van der Waals surface area contributed by atoms with E-state index in [1.165, 1.54) is 0 Å². The van der Waals surface area contributed by atoms with Crippen molar-refractivity contribution in [3.63, 3.8) is 0 Å². The maximum absolute atomic E-state index is 5.23. The molecule has 0 saturated heterocycles. The molecule has 6 heteroatoms. The molecule has 0 bridgehead atoms. The van der Waals surface area contributed by atoms with E-state index in [1.54, 1.807) is 6.92 Å². The van der Waals surface area contributed by atoms with Gasteiger partial charge in [0.15, 0.2) is 0 Å². The first-order valence-electron chi connectivity index (χ1n) is 5.95. The summed E-state index contributed by atoms with van der Waals surface area (Å²) in [6, 6.07) is 12.4. The standard InChI is InChI=1S/C13H13N5O/c1-9-15-18-13(19-9)14-8-11-7-12(17-16-11)10-5-3-2-4-6-10/h2-7H,8H2,1H3,(H,14,18)(H,16,17). The summed E-state index contributed by atoms with van der Waals surface area (Å²) in [4.78, 5) is 0. The number of aromatic nitrogens is 4. The molecule has 0 aliphatic rings. The molecule has 0 saturated carbocycles. The van der Waals surface area contributed by atoms with Gasteiger partial charge in [-0.1, -0.05) is 35.4 Å². The van der Waals surface area contributed by atoms with Crippen LogP contribution < -0.4 is 5.32 Å². The summed E-state index contributed by atoms with van der Waals surface area (Å²) in [5, 5.41) is 17.9. The van der Waals surface area contributed by atoms with Crippen molar-refractivity contribution in [2.24, 2.45) is 0 Å². The Morgan fingerprint density at radius 1 is 1.21 bits per heavy atom. The molecule has 6 nitrogen and oxygen atoms in total. The molecule has 0 atom stereocenters. The van der Waals surface area contributed by atoms with Crippen LogP contribution in [0.3, 0.4) is 0 Å². The van der Waals surface area contributed by atoms with Gasteiger partial charge in [-0.05, 0) is 6.07 Å². The smallest absolute Gasteiger partial charge is 0.315 e. The van der Waals surface area contributed by atoms with E-state index in [0.717, 1.165) is 17.0 Å². The molecule has 0 amide bonds. The number of aryl methyl sites for hydroxylation is 1. The number of rotatable bonds is 4. The van der Waals surface area contributed by atoms with Crippen LogP contribution in [-0.2, 0) is 6.54 Å². The van der Waals surface area contributed by atoms with Crippen LogP contribution in [0.15, 0.2) is 40.8 Å². The highest BCUT2D eigenvalue weighted by molar-refractivity contribution is 5.58. The van der Waals surface area contributed by atoms with Gasteiger partial charge in [-0.15, -0.1) is 5.10 Å². The Kier molecular flexibility index (Phi) is 2.97. The summed E-state index contributed by atoms with van der Waals surface area (Å²) in [7, 11) is 0. The molecule has 1 aromatic carbocycles. The summed E-state index contributed by atoms with van der Waals surface area (Å²) in [6.45, 7) is 2.31. The minimum Gasteiger partial charge on any atom is -0.408 e. The normalized spacial score (nSPS) is 10.6. The van der Waals surface area contributed by atoms with Crippen LogP contribution in [-0.4, -0.2) is 20.4 Å². The monoisotopic (exact) mass is 255 g/mol. The Bertz CT molecular complexity index is 658. The average Bonchev–Trinajstić information content (AvgIpc) is 3.06. The first kappa shape index (κ1) is 11.5. The van der Waals surface area contributed by atoms with E-state index >= 15 is 0 Å². The van der Waals surface area contributed by atoms with Crippen LogP contribution >= 0.6 is 0 Å². The molecule has 2 aromatic heterocycles. The minimum atomic E-state index is 0.411. The maximum Gasteiger partial charge on any atom is 0.315 e. The van der Waals surface area contributed by atoms with Crippen molar-refractivity contribution in [2.45, 2.75) is 13.5 Å². The van der Waals surface area contributed by atoms with Crippen molar-refractivity contribution in [1.29, 1.82) is 0 Å². The first-order valence-corrected chi connectivity index (χ1v) is 5.95. The van der Waals surface area contributed by atoms with Crippen LogP contribution in [0.5, 0.6) is 0 Å². The fourth-order valence-corrected chi connectivity index (χ4v) is 1.75. The SMILES string of the molecule is Cc1nnc(NCc2cc(-c3ccccc3)n[nH]2)o1. The molecule has 0 aliphatic carbocycles. The van der Waals surface area contributed by atoms with E-state index in [1.807, 2.05) is 36.4 Å². The molecule has 0 unspecified atom stereocenters. The highest BCUT2D eigenvalue weighted by atomic mass is 16.4. The predicted octanol–water partition coefficient (Wildman–Crippen LogP) is 2.38.